The third-order valence-electron chi connectivity index (χ3n) is 3.57. The lowest BCUT2D eigenvalue weighted by molar-refractivity contribution is 0.691. The number of nitrogens with zero attached hydrogens (tertiary/aromatic N) is 1. The summed E-state index contributed by atoms with van der Waals surface area (Å²) in [7, 11) is 1.98. The van der Waals surface area contributed by atoms with E-state index < -0.39 is 0 Å². The first kappa shape index (κ1) is 14.9. The first-order valence-corrected chi connectivity index (χ1v) is 8.52. The van der Waals surface area contributed by atoms with Crippen molar-refractivity contribution in [2.45, 2.75) is 6.04 Å². The number of halogens is 2. The van der Waals surface area contributed by atoms with E-state index in [9.17, 15) is 0 Å². The second-order valence-corrected chi connectivity index (χ2v) is 6.94. The standard InChI is InChI=1S/C17H14BrIN2/c1-20-17(14-8-12(19)6-7-16(14)18)15-10-21-9-11-4-2-3-5-13(11)15/h2-10,17,20H,1H3. The maximum atomic E-state index is 4.40. The number of nitrogens with one attached hydrogen (secondary N) is 1. The van der Waals surface area contributed by atoms with E-state index in [1.807, 2.05) is 25.5 Å². The van der Waals surface area contributed by atoms with Crippen molar-refractivity contribution in [1.29, 1.82) is 0 Å². The molecule has 2 aromatic carbocycles. The second kappa shape index (κ2) is 6.42. The highest BCUT2D eigenvalue weighted by Gasteiger charge is 2.18. The molecule has 0 aliphatic carbocycles. The van der Waals surface area contributed by atoms with Gasteiger partial charge in [0.1, 0.15) is 0 Å². The Balaban J connectivity index is 2.21. The van der Waals surface area contributed by atoms with Gasteiger partial charge in [0.2, 0.25) is 0 Å². The molecule has 1 heterocycles. The maximum Gasteiger partial charge on any atom is 0.0607 e. The zero-order valence-corrected chi connectivity index (χ0v) is 15.2. The summed E-state index contributed by atoms with van der Waals surface area (Å²) in [6, 6.07) is 14.9. The van der Waals surface area contributed by atoms with E-state index in [1.54, 1.807) is 0 Å². The van der Waals surface area contributed by atoms with Crippen LogP contribution in [0, 0.1) is 3.57 Å². The average Bonchev–Trinajstić information content (AvgIpc) is 2.51. The molecule has 0 spiro atoms. The minimum absolute atomic E-state index is 0.104. The van der Waals surface area contributed by atoms with Crippen molar-refractivity contribution < 1.29 is 0 Å². The largest absolute Gasteiger partial charge is 0.309 e. The number of pyridine rings is 1. The summed E-state index contributed by atoms with van der Waals surface area (Å²) in [6.07, 6.45) is 3.87. The molecule has 3 rings (SSSR count). The maximum absolute atomic E-state index is 4.40. The van der Waals surface area contributed by atoms with Crippen molar-refractivity contribution in [3.63, 3.8) is 0 Å². The van der Waals surface area contributed by atoms with Gasteiger partial charge in [-0.05, 0) is 64.4 Å². The summed E-state index contributed by atoms with van der Waals surface area (Å²) >= 11 is 6.01. The Kier molecular flexibility index (Phi) is 4.57. The van der Waals surface area contributed by atoms with Crippen LogP contribution < -0.4 is 5.32 Å². The first-order valence-electron chi connectivity index (χ1n) is 6.65. The van der Waals surface area contributed by atoms with Crippen LogP contribution in [0.2, 0.25) is 0 Å². The van der Waals surface area contributed by atoms with Crippen molar-refractivity contribution in [3.8, 4) is 0 Å². The molecule has 1 aromatic heterocycles. The lowest BCUT2D eigenvalue weighted by Gasteiger charge is -2.20. The quantitative estimate of drug-likeness (QED) is 0.571. The SMILES string of the molecule is CNC(c1cc(I)ccc1Br)c1cncc2ccccc12. The highest BCUT2D eigenvalue weighted by atomic mass is 127. The Morgan fingerprint density at radius 2 is 1.90 bits per heavy atom. The van der Waals surface area contributed by atoms with Gasteiger partial charge in [0.25, 0.3) is 0 Å². The normalized spacial score (nSPS) is 12.5. The molecule has 0 radical (unpaired) electrons. The Morgan fingerprint density at radius 1 is 1.10 bits per heavy atom. The van der Waals surface area contributed by atoms with E-state index in [0.29, 0.717) is 0 Å². The minimum Gasteiger partial charge on any atom is -0.309 e. The Labute approximate surface area is 146 Å². The molecule has 3 aromatic rings. The molecular weight excluding hydrogens is 439 g/mol. The van der Waals surface area contributed by atoms with Gasteiger partial charge in [-0.15, -0.1) is 0 Å². The van der Waals surface area contributed by atoms with E-state index in [-0.39, 0.29) is 6.04 Å². The van der Waals surface area contributed by atoms with Crippen LogP contribution in [-0.4, -0.2) is 12.0 Å². The minimum atomic E-state index is 0.104. The van der Waals surface area contributed by atoms with E-state index in [2.05, 4.69) is 85.2 Å². The van der Waals surface area contributed by atoms with Crippen molar-refractivity contribution in [1.82, 2.24) is 10.3 Å². The number of aromatic nitrogens is 1. The predicted molar refractivity (Wildman–Crippen MR) is 99.5 cm³/mol. The number of rotatable bonds is 3. The third kappa shape index (κ3) is 2.98. The molecule has 0 bridgehead atoms. The number of hydrogen-bond donors (Lipinski definition) is 1. The molecule has 2 nitrogen and oxygen atoms in total. The Bertz CT molecular complexity index is 783. The lowest BCUT2D eigenvalue weighted by atomic mass is 9.96. The van der Waals surface area contributed by atoms with Crippen LogP contribution in [-0.2, 0) is 0 Å². The van der Waals surface area contributed by atoms with Gasteiger partial charge in [0.15, 0.2) is 0 Å². The molecular formula is C17H14BrIN2. The van der Waals surface area contributed by atoms with Crippen LogP contribution in [0.1, 0.15) is 17.2 Å². The van der Waals surface area contributed by atoms with E-state index >= 15 is 0 Å². The molecule has 106 valence electrons. The van der Waals surface area contributed by atoms with E-state index in [4.69, 9.17) is 0 Å². The zero-order valence-electron chi connectivity index (χ0n) is 11.5. The average molecular weight is 453 g/mol. The molecule has 1 unspecified atom stereocenters. The molecule has 1 atom stereocenters. The zero-order chi connectivity index (χ0) is 14.8. The highest BCUT2D eigenvalue weighted by molar-refractivity contribution is 14.1. The summed E-state index contributed by atoms with van der Waals surface area (Å²) in [4.78, 5) is 4.40. The van der Waals surface area contributed by atoms with Gasteiger partial charge < -0.3 is 5.32 Å². The molecule has 0 fully saturated rings. The topological polar surface area (TPSA) is 24.9 Å². The molecule has 0 saturated heterocycles. The summed E-state index contributed by atoms with van der Waals surface area (Å²) < 4.78 is 2.33. The fourth-order valence-electron chi connectivity index (χ4n) is 2.58. The summed E-state index contributed by atoms with van der Waals surface area (Å²) in [6.45, 7) is 0. The van der Waals surface area contributed by atoms with Crippen LogP contribution in [0.5, 0.6) is 0 Å². The number of hydrogen-bond acceptors (Lipinski definition) is 2. The van der Waals surface area contributed by atoms with Crippen LogP contribution in [0.3, 0.4) is 0 Å². The third-order valence-corrected chi connectivity index (χ3v) is 4.96. The van der Waals surface area contributed by atoms with Gasteiger partial charge in [-0.25, -0.2) is 0 Å². The number of fused-ring (bicyclic) bond motifs is 1. The second-order valence-electron chi connectivity index (χ2n) is 4.84. The molecule has 21 heavy (non-hydrogen) atoms. The van der Waals surface area contributed by atoms with Crippen LogP contribution >= 0.6 is 38.5 Å². The van der Waals surface area contributed by atoms with Crippen LogP contribution in [0.25, 0.3) is 10.8 Å². The molecule has 0 aliphatic heterocycles. The summed E-state index contributed by atoms with van der Waals surface area (Å²) in [5.74, 6) is 0. The smallest absolute Gasteiger partial charge is 0.0607 e. The van der Waals surface area contributed by atoms with Crippen LogP contribution in [0.15, 0.2) is 59.3 Å². The first-order chi connectivity index (χ1) is 10.2. The van der Waals surface area contributed by atoms with E-state index in [1.165, 1.54) is 20.1 Å². The molecule has 0 amide bonds. The highest BCUT2D eigenvalue weighted by Crippen LogP contribution is 2.32. The molecule has 0 aliphatic rings. The molecule has 4 heteroatoms. The van der Waals surface area contributed by atoms with Gasteiger partial charge >= 0.3 is 0 Å². The Morgan fingerprint density at radius 3 is 2.71 bits per heavy atom. The van der Waals surface area contributed by atoms with Gasteiger partial charge in [0, 0.05) is 25.8 Å². The monoisotopic (exact) mass is 452 g/mol. The van der Waals surface area contributed by atoms with Crippen LogP contribution in [0.4, 0.5) is 0 Å². The van der Waals surface area contributed by atoms with Gasteiger partial charge in [-0.1, -0.05) is 40.2 Å². The molecule has 0 saturated carbocycles. The summed E-state index contributed by atoms with van der Waals surface area (Å²) in [5, 5.41) is 5.82. The number of benzene rings is 2. The fraction of sp³-hybridized carbons (Fsp3) is 0.118. The predicted octanol–water partition coefficient (Wildman–Crippen LogP) is 4.91. The van der Waals surface area contributed by atoms with Gasteiger partial charge in [0.05, 0.1) is 6.04 Å². The van der Waals surface area contributed by atoms with Gasteiger partial charge in [-0.2, -0.15) is 0 Å². The fourth-order valence-corrected chi connectivity index (χ4v) is 3.58. The van der Waals surface area contributed by atoms with Crippen molar-refractivity contribution >= 4 is 49.3 Å². The summed E-state index contributed by atoms with van der Waals surface area (Å²) in [5.41, 5.74) is 2.42. The van der Waals surface area contributed by atoms with Gasteiger partial charge in [-0.3, -0.25) is 4.98 Å². The van der Waals surface area contributed by atoms with Crippen molar-refractivity contribution in [2.24, 2.45) is 0 Å². The van der Waals surface area contributed by atoms with E-state index in [0.717, 1.165) is 9.86 Å². The molecule has 1 N–H and O–H groups in total. The Hall–Kier alpha value is -0.980. The van der Waals surface area contributed by atoms with Crippen molar-refractivity contribution in [3.05, 3.63) is 74.0 Å². The lowest BCUT2D eigenvalue weighted by Crippen LogP contribution is -2.19. The van der Waals surface area contributed by atoms with Crippen molar-refractivity contribution in [2.75, 3.05) is 7.05 Å².